The van der Waals surface area contributed by atoms with Crippen LogP contribution in [0.3, 0.4) is 0 Å². The first-order valence-corrected chi connectivity index (χ1v) is 7.81. The van der Waals surface area contributed by atoms with Crippen molar-refractivity contribution in [2.45, 2.75) is 30.5 Å². The molecule has 0 aromatic carbocycles. The van der Waals surface area contributed by atoms with Crippen molar-refractivity contribution in [2.24, 2.45) is 0 Å². The number of hydrogen-bond acceptors (Lipinski definition) is 4. The highest BCUT2D eigenvalue weighted by Gasteiger charge is 2.21. The molecule has 0 saturated heterocycles. The molecule has 0 spiro atoms. The average molecular weight is 342 g/mol. The maximum absolute atomic E-state index is 11.9. The number of aliphatic carboxylic acids is 1. The van der Waals surface area contributed by atoms with E-state index in [9.17, 15) is 13.2 Å². The first-order chi connectivity index (χ1) is 7.72. The summed E-state index contributed by atoms with van der Waals surface area (Å²) in [6.45, 7) is 3.31. The number of aryl methyl sites for hydroxylation is 1. The highest BCUT2D eigenvalue weighted by molar-refractivity contribution is 9.11. The average Bonchev–Trinajstić information content (AvgIpc) is 2.44. The third kappa shape index (κ3) is 4.06. The molecule has 96 valence electrons. The third-order valence-corrected chi connectivity index (χ3v) is 6.14. The Kier molecular flexibility index (Phi) is 4.70. The van der Waals surface area contributed by atoms with Gasteiger partial charge in [-0.1, -0.05) is 0 Å². The lowest BCUT2D eigenvalue weighted by Gasteiger charge is -2.10. The second-order valence-electron chi connectivity index (χ2n) is 3.64. The van der Waals surface area contributed by atoms with E-state index < -0.39 is 22.0 Å². The Labute approximate surface area is 112 Å². The molecule has 0 aliphatic heterocycles. The lowest BCUT2D eigenvalue weighted by molar-refractivity contribution is -0.137. The van der Waals surface area contributed by atoms with Crippen molar-refractivity contribution < 1.29 is 18.3 Å². The van der Waals surface area contributed by atoms with E-state index in [4.69, 9.17) is 5.11 Å². The monoisotopic (exact) mass is 341 g/mol. The number of halogens is 1. The van der Waals surface area contributed by atoms with Crippen molar-refractivity contribution >= 4 is 43.3 Å². The Morgan fingerprint density at radius 1 is 1.65 bits per heavy atom. The van der Waals surface area contributed by atoms with E-state index in [1.54, 1.807) is 13.0 Å². The Bertz CT molecular complexity index is 504. The summed E-state index contributed by atoms with van der Waals surface area (Å²) in [5.41, 5.74) is 0.835. The van der Waals surface area contributed by atoms with Crippen LogP contribution < -0.4 is 4.72 Å². The number of nitrogens with one attached hydrogen (secondary N) is 1. The molecular weight excluding hydrogens is 330 g/mol. The molecule has 1 rings (SSSR count). The molecule has 1 atom stereocenters. The fourth-order valence-electron chi connectivity index (χ4n) is 1.19. The summed E-state index contributed by atoms with van der Waals surface area (Å²) >= 11 is 4.35. The maximum atomic E-state index is 11.9. The molecule has 8 heteroatoms. The first-order valence-electron chi connectivity index (χ1n) is 4.72. The highest BCUT2D eigenvalue weighted by atomic mass is 79.9. The topological polar surface area (TPSA) is 83.5 Å². The van der Waals surface area contributed by atoms with Gasteiger partial charge in [-0.05, 0) is 41.4 Å². The minimum absolute atomic E-state index is 0.180. The van der Waals surface area contributed by atoms with Crippen molar-refractivity contribution in [3.63, 3.8) is 0 Å². The summed E-state index contributed by atoms with van der Waals surface area (Å²) in [5, 5.41) is 8.56. The fraction of sp³-hybridized carbons (Fsp3) is 0.444. The quantitative estimate of drug-likeness (QED) is 0.857. The maximum Gasteiger partial charge on any atom is 0.304 e. The van der Waals surface area contributed by atoms with Crippen molar-refractivity contribution in [3.8, 4) is 0 Å². The molecular formula is C9H12BrNO4S2. The van der Waals surface area contributed by atoms with Crippen LogP contribution in [0.2, 0.25) is 0 Å². The van der Waals surface area contributed by atoms with E-state index in [1.165, 1.54) is 6.92 Å². The van der Waals surface area contributed by atoms with Crippen molar-refractivity contribution in [2.75, 3.05) is 0 Å². The molecule has 0 aliphatic carbocycles. The van der Waals surface area contributed by atoms with Gasteiger partial charge in [0.25, 0.3) is 0 Å². The lowest BCUT2D eigenvalue weighted by atomic mass is 10.3. The minimum atomic E-state index is -3.63. The predicted molar refractivity (Wildman–Crippen MR) is 68.8 cm³/mol. The van der Waals surface area contributed by atoms with Crippen LogP contribution in [0.5, 0.6) is 0 Å². The zero-order valence-corrected chi connectivity index (χ0v) is 12.4. The second-order valence-corrected chi connectivity index (χ2v) is 7.95. The largest absolute Gasteiger partial charge is 0.481 e. The van der Waals surface area contributed by atoms with Gasteiger partial charge >= 0.3 is 5.97 Å². The normalized spacial score (nSPS) is 13.6. The molecule has 0 fully saturated rings. The molecule has 1 aromatic heterocycles. The van der Waals surface area contributed by atoms with E-state index in [1.807, 2.05) is 0 Å². The van der Waals surface area contributed by atoms with Gasteiger partial charge in [-0.25, -0.2) is 13.1 Å². The molecule has 1 heterocycles. The highest BCUT2D eigenvalue weighted by Crippen LogP contribution is 2.30. The van der Waals surface area contributed by atoms with E-state index in [-0.39, 0.29) is 10.6 Å². The Morgan fingerprint density at radius 3 is 2.65 bits per heavy atom. The van der Waals surface area contributed by atoms with Gasteiger partial charge in [0.15, 0.2) is 0 Å². The molecule has 0 bridgehead atoms. The van der Waals surface area contributed by atoms with Gasteiger partial charge in [0.2, 0.25) is 10.0 Å². The van der Waals surface area contributed by atoms with E-state index >= 15 is 0 Å². The standard InChI is InChI=1S/C9H12BrNO4S2/c1-5-3-8(16-9(5)10)17(14,15)11-6(2)4-7(12)13/h3,6,11H,4H2,1-2H3,(H,12,13). The summed E-state index contributed by atoms with van der Waals surface area (Å²) in [7, 11) is -3.63. The smallest absolute Gasteiger partial charge is 0.304 e. The Morgan fingerprint density at radius 2 is 2.24 bits per heavy atom. The second kappa shape index (κ2) is 5.47. The molecule has 0 amide bonds. The number of thiophene rings is 1. The molecule has 17 heavy (non-hydrogen) atoms. The number of carboxylic acids is 1. The number of rotatable bonds is 5. The van der Waals surface area contributed by atoms with Crippen molar-refractivity contribution in [3.05, 3.63) is 15.4 Å². The number of carbonyl (C=O) groups is 1. The van der Waals surface area contributed by atoms with Crippen LogP contribution in [0.4, 0.5) is 0 Å². The van der Waals surface area contributed by atoms with E-state index in [0.717, 1.165) is 20.7 Å². The van der Waals surface area contributed by atoms with Gasteiger partial charge in [0.05, 0.1) is 10.2 Å². The molecule has 0 radical (unpaired) electrons. The zero-order valence-electron chi connectivity index (χ0n) is 9.23. The number of sulfonamides is 1. The minimum Gasteiger partial charge on any atom is -0.481 e. The van der Waals surface area contributed by atoms with Crippen LogP contribution in [0, 0.1) is 6.92 Å². The van der Waals surface area contributed by atoms with Crippen LogP contribution in [0.1, 0.15) is 18.9 Å². The van der Waals surface area contributed by atoms with Gasteiger partial charge in [0.1, 0.15) is 4.21 Å². The summed E-state index contributed by atoms with van der Waals surface area (Å²) in [6.07, 6.45) is -0.245. The zero-order chi connectivity index (χ0) is 13.2. The van der Waals surface area contributed by atoms with Crippen LogP contribution >= 0.6 is 27.3 Å². The van der Waals surface area contributed by atoms with Crippen molar-refractivity contribution in [1.29, 1.82) is 0 Å². The summed E-state index contributed by atoms with van der Waals surface area (Å²) in [4.78, 5) is 10.5. The van der Waals surface area contributed by atoms with E-state index in [2.05, 4.69) is 20.7 Å². The predicted octanol–water partition coefficient (Wildman–Crippen LogP) is 1.96. The summed E-state index contributed by atoms with van der Waals surface area (Å²) < 4.78 is 27.0. The molecule has 0 aliphatic rings. The first kappa shape index (κ1) is 14.6. The summed E-state index contributed by atoms with van der Waals surface area (Å²) in [5.74, 6) is -1.04. The number of carboxylic acid groups (broad SMARTS) is 1. The third-order valence-electron chi connectivity index (χ3n) is 1.94. The van der Waals surface area contributed by atoms with Gasteiger partial charge < -0.3 is 5.11 Å². The Hall–Kier alpha value is -0.440. The van der Waals surface area contributed by atoms with Gasteiger partial charge in [-0.3, -0.25) is 4.79 Å². The van der Waals surface area contributed by atoms with Crippen LogP contribution in [0.25, 0.3) is 0 Å². The summed E-state index contributed by atoms with van der Waals surface area (Å²) in [6, 6.07) is 0.906. The van der Waals surface area contributed by atoms with Crippen LogP contribution in [-0.2, 0) is 14.8 Å². The van der Waals surface area contributed by atoms with Gasteiger partial charge in [-0.15, -0.1) is 11.3 Å². The Balaban J connectivity index is 2.85. The van der Waals surface area contributed by atoms with Crippen LogP contribution in [-0.4, -0.2) is 25.5 Å². The SMILES string of the molecule is Cc1cc(S(=O)(=O)NC(C)CC(=O)O)sc1Br. The molecule has 1 unspecified atom stereocenters. The lowest BCUT2D eigenvalue weighted by Crippen LogP contribution is -2.33. The molecule has 5 nitrogen and oxygen atoms in total. The van der Waals surface area contributed by atoms with Gasteiger partial charge in [-0.2, -0.15) is 0 Å². The van der Waals surface area contributed by atoms with E-state index in [0.29, 0.717) is 0 Å². The molecule has 1 aromatic rings. The molecule has 0 saturated carbocycles. The fourth-order valence-corrected chi connectivity index (χ4v) is 4.68. The molecule has 2 N–H and O–H groups in total. The number of hydrogen-bond donors (Lipinski definition) is 2. The van der Waals surface area contributed by atoms with Gasteiger partial charge in [0, 0.05) is 6.04 Å². The van der Waals surface area contributed by atoms with Crippen molar-refractivity contribution in [1.82, 2.24) is 4.72 Å². The van der Waals surface area contributed by atoms with Crippen LogP contribution in [0.15, 0.2) is 14.1 Å².